The number of nitriles is 1. The van der Waals surface area contributed by atoms with Crippen LogP contribution in [0.15, 0.2) is 29.5 Å². The molecule has 0 fully saturated rings. The summed E-state index contributed by atoms with van der Waals surface area (Å²) in [6.45, 7) is 15.6. The normalized spacial score (nSPS) is 18.1. The number of hydrogen-bond acceptors (Lipinski definition) is 4. The Bertz CT molecular complexity index is 1250. The van der Waals surface area contributed by atoms with E-state index in [0.717, 1.165) is 64.4 Å². The number of methoxy groups -OCH3 is 2. The van der Waals surface area contributed by atoms with Crippen molar-refractivity contribution in [3.05, 3.63) is 57.6 Å². The van der Waals surface area contributed by atoms with Crippen molar-refractivity contribution in [2.45, 2.75) is 84.8 Å². The Morgan fingerprint density at radius 1 is 1.06 bits per heavy atom. The first-order valence-corrected chi connectivity index (χ1v) is 12.4. The van der Waals surface area contributed by atoms with E-state index >= 15 is 0 Å². The lowest BCUT2D eigenvalue weighted by molar-refractivity contribution is 0.0769. The highest BCUT2D eigenvalue weighted by atomic mass is 16.5. The van der Waals surface area contributed by atoms with Crippen LogP contribution in [0.1, 0.15) is 82.5 Å². The molecule has 0 amide bonds. The first kappa shape index (κ1) is 25.1. The fraction of sp³-hybridized carbons (Fsp3) is 0.500. The van der Waals surface area contributed by atoms with Gasteiger partial charge in [0.25, 0.3) is 0 Å². The lowest BCUT2D eigenvalue weighted by atomic mass is 9.77. The van der Waals surface area contributed by atoms with Gasteiger partial charge in [0.15, 0.2) is 0 Å². The topological polar surface area (TPSA) is 67.4 Å². The van der Waals surface area contributed by atoms with Crippen LogP contribution in [-0.2, 0) is 26.8 Å². The number of fused-ring (bicyclic) bond motifs is 2. The molecule has 1 aliphatic carbocycles. The van der Waals surface area contributed by atoms with E-state index < -0.39 is 0 Å². The summed E-state index contributed by atoms with van der Waals surface area (Å²) in [5.41, 5.74) is 8.36. The Balaban J connectivity index is 2.02. The standard InChI is InChI=1S/C30H38N2O3/c1-17-26(19-12-22(29(2,3)4)28(33)23(13-19)30(5,6)7)21(16-31)27-20-15-25(35-9)24(34-8)14-18(20)10-11-32(17)27/h12-13,15,24,33H,10-11,14H2,1-9H3. The highest BCUT2D eigenvalue weighted by molar-refractivity contribution is 5.88. The maximum atomic E-state index is 11.2. The van der Waals surface area contributed by atoms with Crippen molar-refractivity contribution in [3.63, 3.8) is 0 Å². The Hall–Kier alpha value is -2.97. The summed E-state index contributed by atoms with van der Waals surface area (Å²) in [6.07, 6.45) is 3.66. The summed E-state index contributed by atoms with van der Waals surface area (Å²) in [5, 5.41) is 21.7. The minimum absolute atomic E-state index is 0.0906. The molecule has 1 aromatic heterocycles. The van der Waals surface area contributed by atoms with E-state index in [1.54, 1.807) is 14.2 Å². The third kappa shape index (κ3) is 4.08. The second-order valence-electron chi connectivity index (χ2n) is 11.8. The predicted octanol–water partition coefficient (Wildman–Crippen LogP) is 6.74. The zero-order valence-corrected chi connectivity index (χ0v) is 22.6. The number of phenolic OH excluding ortho intramolecular Hbond substituents is 1. The predicted molar refractivity (Wildman–Crippen MR) is 140 cm³/mol. The van der Waals surface area contributed by atoms with Crippen LogP contribution in [0.4, 0.5) is 0 Å². The first-order valence-electron chi connectivity index (χ1n) is 12.4. The number of hydrogen-bond donors (Lipinski definition) is 1. The largest absolute Gasteiger partial charge is 0.507 e. The molecule has 2 heterocycles. The maximum Gasteiger partial charge on any atom is 0.125 e. The molecule has 4 rings (SSSR count). The van der Waals surface area contributed by atoms with Crippen molar-refractivity contribution in [1.82, 2.24) is 4.57 Å². The third-order valence-corrected chi connectivity index (χ3v) is 7.48. The van der Waals surface area contributed by atoms with Gasteiger partial charge in [0, 0.05) is 48.0 Å². The molecule has 1 atom stereocenters. The summed E-state index contributed by atoms with van der Waals surface area (Å²) in [6, 6.07) is 6.70. The lowest BCUT2D eigenvalue weighted by Gasteiger charge is -2.30. The summed E-state index contributed by atoms with van der Waals surface area (Å²) < 4.78 is 13.6. The van der Waals surface area contributed by atoms with Gasteiger partial charge in [-0.05, 0) is 47.9 Å². The summed E-state index contributed by atoms with van der Waals surface area (Å²) in [4.78, 5) is 0. The summed E-state index contributed by atoms with van der Waals surface area (Å²) >= 11 is 0. The van der Waals surface area contributed by atoms with Gasteiger partial charge in [-0.25, -0.2) is 0 Å². The number of aromatic nitrogens is 1. The molecule has 186 valence electrons. The van der Waals surface area contributed by atoms with Gasteiger partial charge in [-0.1, -0.05) is 47.1 Å². The van der Waals surface area contributed by atoms with Crippen molar-refractivity contribution in [2.75, 3.05) is 14.2 Å². The van der Waals surface area contributed by atoms with Gasteiger partial charge in [-0.15, -0.1) is 0 Å². The minimum atomic E-state index is -0.246. The van der Waals surface area contributed by atoms with Gasteiger partial charge >= 0.3 is 0 Å². The van der Waals surface area contributed by atoms with Crippen LogP contribution >= 0.6 is 0 Å². The molecule has 0 radical (unpaired) electrons. The van der Waals surface area contributed by atoms with Gasteiger partial charge < -0.3 is 19.1 Å². The second-order valence-corrected chi connectivity index (χ2v) is 11.8. The fourth-order valence-electron chi connectivity index (χ4n) is 5.56. The number of allylic oxidation sites excluding steroid dienone is 2. The smallest absolute Gasteiger partial charge is 0.125 e. The van der Waals surface area contributed by atoms with E-state index in [9.17, 15) is 10.4 Å². The average molecular weight is 475 g/mol. The monoisotopic (exact) mass is 474 g/mol. The molecule has 0 spiro atoms. The molecule has 0 saturated carbocycles. The first-order chi connectivity index (χ1) is 16.3. The number of aromatic hydroxyl groups is 1. The van der Waals surface area contributed by atoms with Crippen LogP contribution in [0.3, 0.4) is 0 Å². The third-order valence-electron chi connectivity index (χ3n) is 7.48. The maximum absolute atomic E-state index is 11.2. The zero-order chi connectivity index (χ0) is 25.9. The Morgan fingerprint density at radius 2 is 1.66 bits per heavy atom. The van der Waals surface area contributed by atoms with Crippen LogP contribution in [0.25, 0.3) is 16.7 Å². The zero-order valence-electron chi connectivity index (χ0n) is 22.6. The lowest BCUT2D eigenvalue weighted by Crippen LogP contribution is -2.24. The van der Waals surface area contributed by atoms with Gasteiger partial charge in [-0.2, -0.15) is 5.26 Å². The van der Waals surface area contributed by atoms with Gasteiger partial charge in [0.1, 0.15) is 23.7 Å². The number of ether oxygens (including phenoxy) is 2. The quantitative estimate of drug-likeness (QED) is 0.535. The Kier molecular flexibility index (Phi) is 6.18. The molecule has 0 saturated heterocycles. The molecular formula is C30H38N2O3. The van der Waals surface area contributed by atoms with E-state index in [2.05, 4.69) is 77.3 Å². The molecule has 1 N–H and O–H groups in total. The molecule has 5 nitrogen and oxygen atoms in total. The SMILES string of the molecule is COC1=CC2=C(CCn3c(C)c(-c4cc(C(C)(C)C)c(O)c(C(C)(C)C)c4)c(C#N)c32)CC1OC. The summed E-state index contributed by atoms with van der Waals surface area (Å²) in [7, 11) is 3.38. The van der Waals surface area contributed by atoms with E-state index in [1.165, 1.54) is 5.57 Å². The average Bonchev–Trinajstić information content (AvgIpc) is 3.08. The number of phenols is 1. The van der Waals surface area contributed by atoms with Crippen molar-refractivity contribution >= 4 is 5.57 Å². The van der Waals surface area contributed by atoms with Crippen LogP contribution in [0.2, 0.25) is 0 Å². The molecule has 5 heteroatoms. The van der Waals surface area contributed by atoms with Crippen molar-refractivity contribution in [2.24, 2.45) is 0 Å². The summed E-state index contributed by atoms with van der Waals surface area (Å²) in [5.74, 6) is 1.14. The number of rotatable bonds is 3. The molecule has 1 aromatic carbocycles. The highest BCUT2D eigenvalue weighted by Gasteiger charge is 2.34. The second kappa shape index (κ2) is 8.60. The van der Waals surface area contributed by atoms with Crippen LogP contribution in [0.5, 0.6) is 5.75 Å². The van der Waals surface area contributed by atoms with E-state index in [-0.39, 0.29) is 16.9 Å². The van der Waals surface area contributed by atoms with Crippen LogP contribution < -0.4 is 0 Å². The van der Waals surface area contributed by atoms with Gasteiger partial charge in [-0.3, -0.25) is 0 Å². The van der Waals surface area contributed by atoms with Crippen LogP contribution in [-0.4, -0.2) is 30.0 Å². The van der Waals surface area contributed by atoms with Crippen molar-refractivity contribution < 1.29 is 14.6 Å². The minimum Gasteiger partial charge on any atom is -0.507 e. The van der Waals surface area contributed by atoms with Crippen molar-refractivity contribution in [3.8, 4) is 22.9 Å². The van der Waals surface area contributed by atoms with E-state index in [0.29, 0.717) is 11.3 Å². The molecule has 1 aliphatic heterocycles. The van der Waals surface area contributed by atoms with Gasteiger partial charge in [0.05, 0.1) is 18.4 Å². The molecule has 35 heavy (non-hydrogen) atoms. The number of nitrogens with zero attached hydrogens (tertiary/aromatic N) is 2. The molecule has 2 aromatic rings. The Labute approximate surface area is 209 Å². The van der Waals surface area contributed by atoms with E-state index in [4.69, 9.17) is 9.47 Å². The molecule has 0 bridgehead atoms. The number of benzene rings is 1. The molecule has 1 unspecified atom stereocenters. The van der Waals surface area contributed by atoms with Gasteiger partial charge in [0.2, 0.25) is 0 Å². The van der Waals surface area contributed by atoms with Crippen molar-refractivity contribution in [1.29, 1.82) is 5.26 Å². The molecule has 2 aliphatic rings. The molecular weight excluding hydrogens is 436 g/mol. The highest BCUT2D eigenvalue weighted by Crippen LogP contribution is 2.47. The van der Waals surface area contributed by atoms with Crippen LogP contribution in [0, 0.1) is 18.3 Å². The van der Waals surface area contributed by atoms with E-state index in [1.807, 2.05) is 0 Å². The fourth-order valence-corrected chi connectivity index (χ4v) is 5.56. The Morgan fingerprint density at radius 3 is 2.14 bits per heavy atom.